The molecule has 0 fully saturated rings. The summed E-state index contributed by atoms with van der Waals surface area (Å²) in [6.45, 7) is 4.13. The van der Waals surface area contributed by atoms with E-state index in [1.54, 1.807) is 0 Å². The van der Waals surface area contributed by atoms with Crippen molar-refractivity contribution in [2.45, 2.75) is 46.0 Å². The zero-order valence-electron chi connectivity index (χ0n) is 11.8. The molecule has 0 bridgehead atoms. The minimum atomic E-state index is -0.0568. The van der Waals surface area contributed by atoms with Crippen molar-refractivity contribution in [2.75, 3.05) is 5.32 Å². The molecule has 6 heteroatoms. The van der Waals surface area contributed by atoms with Gasteiger partial charge in [0.2, 0.25) is 11.0 Å². The molecule has 1 N–H and O–H groups in total. The molecule has 0 saturated heterocycles. The van der Waals surface area contributed by atoms with Crippen molar-refractivity contribution < 1.29 is 9.21 Å². The Morgan fingerprint density at radius 3 is 2.75 bits per heavy atom. The molecule has 20 heavy (non-hydrogen) atoms. The van der Waals surface area contributed by atoms with Crippen molar-refractivity contribution in [1.82, 2.24) is 10.2 Å². The summed E-state index contributed by atoms with van der Waals surface area (Å²) in [6.07, 6.45) is 3.80. The molecule has 0 spiro atoms. The van der Waals surface area contributed by atoms with Gasteiger partial charge < -0.3 is 9.73 Å². The molecule has 1 amide bonds. The number of anilines is 1. The molecule has 2 heterocycles. The number of aryl methyl sites for hydroxylation is 3. The monoisotopic (exact) mass is 293 g/mol. The van der Waals surface area contributed by atoms with Gasteiger partial charge in [0.05, 0.1) is 0 Å². The first kappa shape index (κ1) is 14.7. The summed E-state index contributed by atoms with van der Waals surface area (Å²) < 4.78 is 5.56. The maximum absolute atomic E-state index is 11.8. The highest BCUT2D eigenvalue weighted by molar-refractivity contribution is 7.15. The molecule has 0 atom stereocenters. The van der Waals surface area contributed by atoms with Crippen LogP contribution in [0.5, 0.6) is 0 Å². The third kappa shape index (κ3) is 4.16. The molecular weight excluding hydrogens is 274 g/mol. The summed E-state index contributed by atoms with van der Waals surface area (Å²) in [7, 11) is 0. The van der Waals surface area contributed by atoms with Gasteiger partial charge in [0.25, 0.3) is 0 Å². The molecule has 2 aromatic rings. The van der Waals surface area contributed by atoms with Gasteiger partial charge in [0.15, 0.2) is 0 Å². The fourth-order valence-corrected chi connectivity index (χ4v) is 2.64. The standard InChI is InChI=1S/C14H19N3O2S/c1-3-5-13-16-17-14(20-13)15-12(18)9-8-11-7-6-10(4-2)19-11/h6-7H,3-5,8-9H2,1-2H3,(H,15,17,18). The maximum Gasteiger partial charge on any atom is 0.226 e. The van der Waals surface area contributed by atoms with Crippen LogP contribution in [0.25, 0.3) is 0 Å². The average Bonchev–Trinajstić information content (AvgIpc) is 3.06. The van der Waals surface area contributed by atoms with Crippen LogP contribution >= 0.6 is 11.3 Å². The Balaban J connectivity index is 1.79. The number of nitrogens with one attached hydrogen (secondary N) is 1. The average molecular weight is 293 g/mol. The second-order valence-electron chi connectivity index (χ2n) is 4.52. The molecule has 0 aromatic carbocycles. The van der Waals surface area contributed by atoms with Gasteiger partial charge in [-0.15, -0.1) is 10.2 Å². The molecule has 0 aliphatic carbocycles. The van der Waals surface area contributed by atoms with Gasteiger partial charge in [-0.1, -0.05) is 25.2 Å². The van der Waals surface area contributed by atoms with E-state index in [0.29, 0.717) is 18.0 Å². The fraction of sp³-hybridized carbons (Fsp3) is 0.500. The second kappa shape index (κ2) is 7.19. The van der Waals surface area contributed by atoms with E-state index in [1.807, 2.05) is 19.1 Å². The van der Waals surface area contributed by atoms with Crippen LogP contribution in [0.1, 0.15) is 43.2 Å². The second-order valence-corrected chi connectivity index (χ2v) is 5.58. The Morgan fingerprint density at radius 2 is 2.05 bits per heavy atom. The molecule has 0 aliphatic rings. The molecular formula is C14H19N3O2S. The molecule has 5 nitrogen and oxygen atoms in total. The van der Waals surface area contributed by atoms with Crippen LogP contribution in [-0.2, 0) is 24.1 Å². The third-order valence-corrected chi connectivity index (χ3v) is 3.74. The first-order valence-corrected chi connectivity index (χ1v) is 7.72. The van der Waals surface area contributed by atoms with Crippen LogP contribution in [0.2, 0.25) is 0 Å². The van der Waals surface area contributed by atoms with Gasteiger partial charge in [-0.05, 0) is 18.6 Å². The van der Waals surface area contributed by atoms with E-state index in [0.717, 1.165) is 35.8 Å². The van der Waals surface area contributed by atoms with Gasteiger partial charge in [-0.25, -0.2) is 0 Å². The first-order chi connectivity index (χ1) is 9.71. The zero-order valence-corrected chi connectivity index (χ0v) is 12.6. The number of hydrogen-bond donors (Lipinski definition) is 1. The minimum absolute atomic E-state index is 0.0568. The number of furan rings is 1. The van der Waals surface area contributed by atoms with E-state index in [9.17, 15) is 4.79 Å². The van der Waals surface area contributed by atoms with E-state index < -0.39 is 0 Å². The normalized spacial score (nSPS) is 10.7. The summed E-state index contributed by atoms with van der Waals surface area (Å²) in [5.41, 5.74) is 0. The molecule has 0 radical (unpaired) electrons. The van der Waals surface area contributed by atoms with Crippen LogP contribution in [0, 0.1) is 0 Å². The highest BCUT2D eigenvalue weighted by atomic mass is 32.1. The van der Waals surface area contributed by atoms with Crippen molar-refractivity contribution >= 4 is 22.4 Å². The number of carbonyl (C=O) groups excluding carboxylic acids is 1. The lowest BCUT2D eigenvalue weighted by Crippen LogP contribution is -2.11. The smallest absolute Gasteiger partial charge is 0.226 e. The predicted molar refractivity (Wildman–Crippen MR) is 78.9 cm³/mol. The van der Waals surface area contributed by atoms with Crippen LogP contribution < -0.4 is 5.32 Å². The van der Waals surface area contributed by atoms with Gasteiger partial charge >= 0.3 is 0 Å². The highest BCUT2D eigenvalue weighted by Crippen LogP contribution is 2.17. The van der Waals surface area contributed by atoms with Crippen LogP contribution in [0.15, 0.2) is 16.5 Å². The maximum atomic E-state index is 11.8. The number of aromatic nitrogens is 2. The topological polar surface area (TPSA) is 68.0 Å². The molecule has 2 rings (SSSR count). The first-order valence-electron chi connectivity index (χ1n) is 6.91. The van der Waals surface area contributed by atoms with Gasteiger partial charge in [0, 0.05) is 25.7 Å². The molecule has 2 aromatic heterocycles. The highest BCUT2D eigenvalue weighted by Gasteiger charge is 2.09. The minimum Gasteiger partial charge on any atom is -0.466 e. The summed E-state index contributed by atoms with van der Waals surface area (Å²) >= 11 is 1.44. The van der Waals surface area contributed by atoms with Crippen LogP contribution in [-0.4, -0.2) is 16.1 Å². The van der Waals surface area contributed by atoms with Crippen molar-refractivity contribution in [3.05, 3.63) is 28.7 Å². The van der Waals surface area contributed by atoms with Crippen molar-refractivity contribution in [3.8, 4) is 0 Å². The van der Waals surface area contributed by atoms with Gasteiger partial charge in [0.1, 0.15) is 16.5 Å². The van der Waals surface area contributed by atoms with E-state index in [2.05, 4.69) is 22.4 Å². The van der Waals surface area contributed by atoms with Crippen LogP contribution in [0.3, 0.4) is 0 Å². The van der Waals surface area contributed by atoms with E-state index >= 15 is 0 Å². The van der Waals surface area contributed by atoms with Gasteiger partial charge in [-0.3, -0.25) is 4.79 Å². The molecule has 108 valence electrons. The lowest BCUT2D eigenvalue weighted by molar-refractivity contribution is -0.116. The largest absolute Gasteiger partial charge is 0.466 e. The quantitative estimate of drug-likeness (QED) is 0.851. The van der Waals surface area contributed by atoms with E-state index in [1.165, 1.54) is 11.3 Å². The number of hydrogen-bond acceptors (Lipinski definition) is 5. The van der Waals surface area contributed by atoms with Gasteiger partial charge in [-0.2, -0.15) is 0 Å². The summed E-state index contributed by atoms with van der Waals surface area (Å²) in [5, 5.41) is 12.3. The van der Waals surface area contributed by atoms with Crippen LogP contribution in [0.4, 0.5) is 5.13 Å². The van der Waals surface area contributed by atoms with E-state index in [4.69, 9.17) is 4.42 Å². The Labute approximate surface area is 122 Å². The zero-order chi connectivity index (χ0) is 14.4. The number of rotatable bonds is 7. The number of nitrogens with zero attached hydrogens (tertiary/aromatic N) is 2. The predicted octanol–water partition coefficient (Wildman–Crippen LogP) is 3.22. The summed E-state index contributed by atoms with van der Waals surface area (Å²) in [4.78, 5) is 11.8. The lowest BCUT2D eigenvalue weighted by Gasteiger charge is -1.99. The lowest BCUT2D eigenvalue weighted by atomic mass is 10.2. The number of amides is 1. The SMILES string of the molecule is CCCc1nnc(NC(=O)CCc2ccc(CC)o2)s1. The molecule has 0 aliphatic heterocycles. The van der Waals surface area contributed by atoms with Crippen molar-refractivity contribution in [1.29, 1.82) is 0 Å². The molecule has 0 unspecified atom stereocenters. The number of carbonyl (C=O) groups is 1. The third-order valence-electron chi connectivity index (χ3n) is 2.84. The van der Waals surface area contributed by atoms with Crippen molar-refractivity contribution in [3.63, 3.8) is 0 Å². The van der Waals surface area contributed by atoms with E-state index in [-0.39, 0.29) is 5.91 Å². The Morgan fingerprint density at radius 1 is 1.25 bits per heavy atom. The Hall–Kier alpha value is -1.69. The fourth-order valence-electron chi connectivity index (χ4n) is 1.78. The Kier molecular flexibility index (Phi) is 5.29. The van der Waals surface area contributed by atoms with Crippen molar-refractivity contribution in [2.24, 2.45) is 0 Å². The summed E-state index contributed by atoms with van der Waals surface area (Å²) in [6, 6.07) is 3.88. The molecule has 0 saturated carbocycles. The summed E-state index contributed by atoms with van der Waals surface area (Å²) in [5.74, 6) is 1.74. The Bertz CT molecular complexity index is 562.